The molecule has 63 heavy (non-hydrogen) atoms. The van der Waals surface area contributed by atoms with Crippen molar-refractivity contribution in [3.8, 4) is 28.1 Å². The third-order valence-corrected chi connectivity index (χ3v) is 12.2. The monoisotopic (exact) mass is 810 g/mol. The topological polar surface area (TPSA) is 58.1 Å². The number of allylic oxidation sites excluding steroid dienone is 4. The molecule has 0 amide bonds. The average Bonchev–Trinajstić information content (AvgIpc) is 3.88. The van der Waals surface area contributed by atoms with Gasteiger partial charge in [0.1, 0.15) is 0 Å². The summed E-state index contributed by atoms with van der Waals surface area (Å²) in [7, 11) is 0. The molecule has 6 heteroatoms. The fourth-order valence-corrected chi connectivity index (χ4v) is 9.22. The average molecular weight is 811 g/mol. The van der Waals surface area contributed by atoms with E-state index in [0.717, 1.165) is 51.4 Å². The SMILES string of the molecule is C=N/C(=N\C(=N/Cc1ccccc1)c1ccccc1)c1ccnc(-c2cccc3c2C2CC=CC=C2N3c2ccc(-c3ccc4c5ccccc5n(-c5ccccc5)c4c3)cc2)c1. The number of anilines is 2. The summed E-state index contributed by atoms with van der Waals surface area (Å²) in [5.74, 6) is 1.27. The Labute approximate surface area is 366 Å². The molecule has 11 rings (SSSR count). The smallest absolute Gasteiger partial charge is 0.161 e. The van der Waals surface area contributed by atoms with E-state index in [2.05, 4.69) is 173 Å². The number of amidine groups is 2. The second kappa shape index (κ2) is 16.3. The summed E-state index contributed by atoms with van der Waals surface area (Å²) in [5, 5.41) is 2.50. The molecular weight excluding hydrogens is 769 g/mol. The summed E-state index contributed by atoms with van der Waals surface area (Å²) < 4.78 is 2.38. The van der Waals surface area contributed by atoms with Crippen molar-refractivity contribution in [2.45, 2.75) is 18.9 Å². The summed E-state index contributed by atoms with van der Waals surface area (Å²) in [5.41, 5.74) is 15.5. The first kappa shape index (κ1) is 37.8. The zero-order chi connectivity index (χ0) is 42.1. The third kappa shape index (κ3) is 6.98. The van der Waals surface area contributed by atoms with Gasteiger partial charge in [-0.15, -0.1) is 0 Å². The summed E-state index contributed by atoms with van der Waals surface area (Å²) in [6, 6.07) is 66.0. The van der Waals surface area contributed by atoms with Crippen molar-refractivity contribution in [2.75, 3.05) is 4.90 Å². The van der Waals surface area contributed by atoms with Gasteiger partial charge in [-0.2, -0.15) is 0 Å². The molecule has 2 aliphatic rings. The number of hydrogen-bond acceptors (Lipinski definition) is 3. The molecule has 7 aromatic carbocycles. The van der Waals surface area contributed by atoms with E-state index in [1.54, 1.807) is 0 Å². The van der Waals surface area contributed by atoms with E-state index in [-0.39, 0.29) is 5.92 Å². The van der Waals surface area contributed by atoms with Crippen molar-refractivity contribution in [3.63, 3.8) is 0 Å². The number of hydrogen-bond donors (Lipinski definition) is 0. The van der Waals surface area contributed by atoms with Gasteiger partial charge in [-0.3, -0.25) is 9.98 Å². The van der Waals surface area contributed by atoms with Crippen LogP contribution in [0, 0.1) is 0 Å². The van der Waals surface area contributed by atoms with Gasteiger partial charge >= 0.3 is 0 Å². The van der Waals surface area contributed by atoms with Crippen molar-refractivity contribution >= 4 is 51.6 Å². The van der Waals surface area contributed by atoms with Gasteiger partial charge in [0.05, 0.1) is 29.0 Å². The number of fused-ring (bicyclic) bond motifs is 6. The quantitative estimate of drug-likeness (QED) is 0.113. The molecule has 0 N–H and O–H groups in total. The van der Waals surface area contributed by atoms with E-state index in [4.69, 9.17) is 15.0 Å². The fourth-order valence-electron chi connectivity index (χ4n) is 9.22. The first-order valence-corrected chi connectivity index (χ1v) is 21.4. The molecule has 0 fully saturated rings. The highest BCUT2D eigenvalue weighted by atomic mass is 15.2. The Morgan fingerprint density at radius 3 is 2.16 bits per heavy atom. The van der Waals surface area contributed by atoms with Gasteiger partial charge in [0, 0.05) is 56.6 Å². The van der Waals surface area contributed by atoms with E-state index >= 15 is 0 Å². The Morgan fingerprint density at radius 1 is 0.619 bits per heavy atom. The molecule has 1 aliphatic carbocycles. The minimum atomic E-state index is 0.175. The second-order valence-electron chi connectivity index (χ2n) is 15.9. The lowest BCUT2D eigenvalue weighted by atomic mass is 9.87. The van der Waals surface area contributed by atoms with Crippen LogP contribution in [0.25, 0.3) is 49.9 Å². The zero-order valence-corrected chi connectivity index (χ0v) is 34.6. The van der Waals surface area contributed by atoms with Crippen LogP contribution in [0.5, 0.6) is 0 Å². The van der Waals surface area contributed by atoms with Crippen molar-refractivity contribution in [3.05, 3.63) is 240 Å². The fraction of sp³-hybridized carbons (Fsp3) is 0.0526. The number of rotatable bonds is 8. The predicted molar refractivity (Wildman–Crippen MR) is 262 cm³/mol. The summed E-state index contributed by atoms with van der Waals surface area (Å²) >= 11 is 0. The number of para-hydroxylation sites is 2. The number of benzene rings is 7. The van der Waals surface area contributed by atoms with Crippen LogP contribution in [0.4, 0.5) is 11.4 Å². The van der Waals surface area contributed by atoms with Crippen LogP contribution in [-0.2, 0) is 6.54 Å². The van der Waals surface area contributed by atoms with E-state index < -0.39 is 0 Å². The summed E-state index contributed by atoms with van der Waals surface area (Å²) in [6.07, 6.45) is 9.45. The van der Waals surface area contributed by atoms with Crippen LogP contribution >= 0.6 is 0 Å². The highest BCUT2D eigenvalue weighted by molar-refractivity contribution is 6.13. The predicted octanol–water partition coefficient (Wildman–Crippen LogP) is 13.7. The Balaban J connectivity index is 0.945. The highest BCUT2D eigenvalue weighted by Crippen LogP contribution is 2.53. The van der Waals surface area contributed by atoms with Crippen LogP contribution in [0.15, 0.2) is 233 Å². The number of aliphatic imine (C=N–C) groups is 3. The molecule has 0 radical (unpaired) electrons. The summed E-state index contributed by atoms with van der Waals surface area (Å²) in [4.78, 5) is 21.8. The molecule has 0 saturated carbocycles. The first-order chi connectivity index (χ1) is 31.2. The molecule has 2 aromatic heterocycles. The van der Waals surface area contributed by atoms with Gasteiger partial charge < -0.3 is 9.47 Å². The molecule has 1 atom stereocenters. The third-order valence-electron chi connectivity index (χ3n) is 12.2. The van der Waals surface area contributed by atoms with Gasteiger partial charge in [0.25, 0.3) is 0 Å². The van der Waals surface area contributed by atoms with E-state index in [1.165, 1.54) is 44.2 Å². The zero-order valence-electron chi connectivity index (χ0n) is 34.6. The van der Waals surface area contributed by atoms with E-state index in [1.807, 2.05) is 60.8 Å². The number of nitrogens with zero attached hydrogens (tertiary/aromatic N) is 6. The molecule has 1 unspecified atom stereocenters. The Hall–Kier alpha value is -8.22. The van der Waals surface area contributed by atoms with Crippen LogP contribution in [0.3, 0.4) is 0 Å². The maximum atomic E-state index is 5.03. The largest absolute Gasteiger partial charge is 0.313 e. The van der Waals surface area contributed by atoms with E-state index in [9.17, 15) is 0 Å². The van der Waals surface area contributed by atoms with Gasteiger partial charge in [-0.25, -0.2) is 9.98 Å². The number of pyridine rings is 1. The van der Waals surface area contributed by atoms with Crippen LogP contribution < -0.4 is 4.90 Å². The van der Waals surface area contributed by atoms with Crippen molar-refractivity contribution in [1.82, 2.24) is 9.55 Å². The minimum Gasteiger partial charge on any atom is -0.313 e. The molecule has 0 bridgehead atoms. The lowest BCUT2D eigenvalue weighted by Crippen LogP contribution is -2.14. The minimum absolute atomic E-state index is 0.175. The van der Waals surface area contributed by atoms with E-state index in [0.29, 0.717) is 18.2 Å². The van der Waals surface area contributed by atoms with Gasteiger partial charge in [-0.05, 0) is 96.1 Å². The molecule has 300 valence electrons. The Kier molecular flexibility index (Phi) is 9.79. The molecule has 6 nitrogen and oxygen atoms in total. The Morgan fingerprint density at radius 2 is 1.35 bits per heavy atom. The molecule has 0 saturated heterocycles. The second-order valence-corrected chi connectivity index (χ2v) is 15.9. The van der Waals surface area contributed by atoms with Gasteiger partial charge in [-0.1, -0.05) is 146 Å². The normalized spacial score (nSPS) is 14.8. The lowest BCUT2D eigenvalue weighted by Gasteiger charge is -2.24. The molecule has 3 heterocycles. The molecule has 9 aromatic rings. The first-order valence-electron chi connectivity index (χ1n) is 21.4. The maximum absolute atomic E-state index is 5.03. The maximum Gasteiger partial charge on any atom is 0.161 e. The van der Waals surface area contributed by atoms with Crippen molar-refractivity contribution in [1.29, 1.82) is 0 Å². The molecule has 1 aliphatic heterocycles. The standard InChI is InChI=1S/C57H42N6/c1-58-56(61-57(41-18-7-3-8-19-41)60-38-39-16-5-2-6-17-39)43-34-35-59-50(36-43)48-24-15-27-53-55(48)49-23-12-14-26-52(49)62(53)45-31-28-40(29-32-45)42-30-33-47-46-22-11-13-25-51(46)63(54(47)37-42)44-20-9-4-10-21-44/h2-22,24-37,49H,1,23,38H2/b60-57-,61-56-. The number of aromatic nitrogens is 2. The summed E-state index contributed by atoms with van der Waals surface area (Å²) in [6.45, 7) is 4.44. The van der Waals surface area contributed by atoms with Crippen molar-refractivity contribution in [2.24, 2.45) is 15.0 Å². The van der Waals surface area contributed by atoms with Crippen LogP contribution in [-0.4, -0.2) is 27.9 Å². The highest BCUT2D eigenvalue weighted by Gasteiger charge is 2.37. The van der Waals surface area contributed by atoms with Gasteiger partial charge in [0.15, 0.2) is 11.7 Å². The lowest BCUT2D eigenvalue weighted by molar-refractivity contribution is 0.820. The van der Waals surface area contributed by atoms with Crippen molar-refractivity contribution < 1.29 is 0 Å². The Bertz CT molecular complexity index is 3290. The van der Waals surface area contributed by atoms with Crippen LogP contribution in [0.2, 0.25) is 0 Å². The van der Waals surface area contributed by atoms with Gasteiger partial charge in [0.2, 0.25) is 0 Å². The molecule has 0 spiro atoms. The molecular formula is C57H42N6. The van der Waals surface area contributed by atoms with Crippen LogP contribution in [0.1, 0.15) is 34.6 Å².